The molecule has 0 bridgehead atoms. The number of carbonyl (C=O) groups excluding carboxylic acids is 1. The molecule has 2 aromatic carbocycles. The van der Waals surface area contributed by atoms with Crippen molar-refractivity contribution in [3.05, 3.63) is 64.7 Å². The molecule has 140 valence electrons. The minimum atomic E-state index is 0.00210. The molecule has 1 fully saturated rings. The van der Waals surface area contributed by atoms with E-state index in [1.54, 1.807) is 25.1 Å². The van der Waals surface area contributed by atoms with Gasteiger partial charge in [0.25, 0.3) is 0 Å². The van der Waals surface area contributed by atoms with E-state index in [1.807, 2.05) is 0 Å². The molecule has 1 aliphatic heterocycles. The average molecular weight is 361 g/mol. The molecule has 0 amide bonds. The minimum absolute atomic E-state index is 0.00210. The Kier molecular flexibility index (Phi) is 6.26. The third kappa shape index (κ3) is 4.96. The first kappa shape index (κ1) is 19.1. The Balaban J connectivity index is 1.73. The summed E-state index contributed by atoms with van der Waals surface area (Å²) < 4.78 is 0. The van der Waals surface area contributed by atoms with Crippen molar-refractivity contribution >= 4 is 11.5 Å². The molecule has 0 saturated carbocycles. The van der Waals surface area contributed by atoms with Crippen LogP contribution in [0.2, 0.25) is 0 Å². The van der Waals surface area contributed by atoms with Gasteiger partial charge in [0.2, 0.25) is 0 Å². The molecule has 0 aromatic heterocycles. The third-order valence-electron chi connectivity index (χ3n) is 5.40. The van der Waals surface area contributed by atoms with Gasteiger partial charge >= 0.3 is 0 Å². The van der Waals surface area contributed by atoms with Crippen molar-refractivity contribution in [1.82, 2.24) is 4.90 Å². The van der Waals surface area contributed by atoms with E-state index in [1.165, 1.54) is 24.0 Å². The van der Waals surface area contributed by atoms with Crippen LogP contribution >= 0.6 is 0 Å². The maximum atomic E-state index is 11.7. The van der Waals surface area contributed by atoms with Crippen molar-refractivity contribution in [2.24, 2.45) is 5.92 Å². The van der Waals surface area contributed by atoms with Crippen LogP contribution in [0.3, 0.4) is 0 Å². The van der Waals surface area contributed by atoms with Crippen molar-refractivity contribution in [3.63, 3.8) is 0 Å². The number of anilines is 1. The molecule has 0 aliphatic carbocycles. The fourth-order valence-corrected chi connectivity index (χ4v) is 3.54. The SMILES string of the molecule is CC(=O)c1ccc(C#N)c(NCc2ccccc2CN2CCC(C)CC2)c1. The highest BCUT2D eigenvalue weighted by molar-refractivity contribution is 5.95. The summed E-state index contributed by atoms with van der Waals surface area (Å²) in [5.41, 5.74) is 4.44. The molecule has 1 saturated heterocycles. The van der Waals surface area contributed by atoms with Gasteiger partial charge in [0.1, 0.15) is 6.07 Å². The Morgan fingerprint density at radius 3 is 2.56 bits per heavy atom. The zero-order chi connectivity index (χ0) is 19.2. The van der Waals surface area contributed by atoms with Crippen LogP contribution in [0.15, 0.2) is 42.5 Å². The number of carbonyl (C=O) groups is 1. The maximum Gasteiger partial charge on any atom is 0.159 e. The van der Waals surface area contributed by atoms with Crippen LogP contribution in [0.1, 0.15) is 53.7 Å². The largest absolute Gasteiger partial charge is 0.380 e. The molecule has 0 radical (unpaired) electrons. The molecule has 0 unspecified atom stereocenters. The zero-order valence-corrected chi connectivity index (χ0v) is 16.2. The number of nitrogens with zero attached hydrogens (tertiary/aromatic N) is 2. The molecule has 4 nitrogen and oxygen atoms in total. The van der Waals surface area contributed by atoms with Crippen LogP contribution in [0.4, 0.5) is 5.69 Å². The summed E-state index contributed by atoms with van der Waals surface area (Å²) in [6.07, 6.45) is 2.54. The fraction of sp³-hybridized carbons (Fsp3) is 0.391. The summed E-state index contributed by atoms with van der Waals surface area (Å²) >= 11 is 0. The summed E-state index contributed by atoms with van der Waals surface area (Å²) in [4.78, 5) is 14.2. The normalized spacial score (nSPS) is 15.3. The predicted octanol–water partition coefficient (Wildman–Crippen LogP) is 4.60. The van der Waals surface area contributed by atoms with E-state index < -0.39 is 0 Å². The standard InChI is InChI=1S/C23H27N3O/c1-17-9-11-26(12-10-17)16-22-6-4-3-5-21(22)15-25-23-13-19(18(2)27)7-8-20(23)14-24/h3-8,13,17,25H,9-12,15-16H2,1-2H3. The van der Waals surface area contributed by atoms with Crippen LogP contribution in [0.5, 0.6) is 0 Å². The highest BCUT2D eigenvalue weighted by Gasteiger charge is 2.16. The molecule has 0 atom stereocenters. The van der Waals surface area contributed by atoms with E-state index in [4.69, 9.17) is 0 Å². The van der Waals surface area contributed by atoms with Crippen LogP contribution in [-0.2, 0) is 13.1 Å². The summed E-state index contributed by atoms with van der Waals surface area (Å²) in [5.74, 6) is 0.832. The summed E-state index contributed by atoms with van der Waals surface area (Å²) in [6, 6.07) is 15.8. The van der Waals surface area contributed by atoms with E-state index in [0.29, 0.717) is 23.4 Å². The summed E-state index contributed by atoms with van der Waals surface area (Å²) in [6.45, 7) is 7.78. The molecule has 27 heavy (non-hydrogen) atoms. The van der Waals surface area contributed by atoms with Gasteiger partial charge in [-0.05, 0) is 68.1 Å². The van der Waals surface area contributed by atoms with Gasteiger partial charge in [-0.3, -0.25) is 9.69 Å². The first-order chi connectivity index (χ1) is 13.1. The van der Waals surface area contributed by atoms with Gasteiger partial charge in [-0.15, -0.1) is 0 Å². The predicted molar refractivity (Wildman–Crippen MR) is 109 cm³/mol. The van der Waals surface area contributed by atoms with Gasteiger partial charge in [-0.2, -0.15) is 5.26 Å². The second kappa shape index (κ2) is 8.83. The van der Waals surface area contributed by atoms with E-state index in [9.17, 15) is 10.1 Å². The lowest BCUT2D eigenvalue weighted by molar-refractivity contribution is 0.101. The van der Waals surface area contributed by atoms with Crippen molar-refractivity contribution in [2.45, 2.75) is 39.8 Å². The lowest BCUT2D eigenvalue weighted by atomic mass is 9.98. The van der Waals surface area contributed by atoms with Crippen molar-refractivity contribution in [2.75, 3.05) is 18.4 Å². The Bertz CT molecular complexity index is 845. The number of hydrogen-bond acceptors (Lipinski definition) is 4. The highest BCUT2D eigenvalue weighted by Crippen LogP contribution is 2.22. The van der Waals surface area contributed by atoms with Crippen molar-refractivity contribution in [1.29, 1.82) is 5.26 Å². The van der Waals surface area contributed by atoms with Crippen molar-refractivity contribution < 1.29 is 4.79 Å². The van der Waals surface area contributed by atoms with Gasteiger partial charge in [-0.25, -0.2) is 0 Å². The number of piperidine rings is 1. The molecule has 0 spiro atoms. The van der Waals surface area contributed by atoms with E-state index in [2.05, 4.69) is 47.5 Å². The number of benzene rings is 2. The number of nitrogens with one attached hydrogen (secondary N) is 1. The summed E-state index contributed by atoms with van der Waals surface area (Å²) in [5, 5.41) is 12.7. The average Bonchev–Trinajstić information content (AvgIpc) is 2.68. The Morgan fingerprint density at radius 1 is 1.19 bits per heavy atom. The quantitative estimate of drug-likeness (QED) is 0.764. The van der Waals surface area contributed by atoms with Gasteiger partial charge in [0.05, 0.1) is 11.3 Å². The van der Waals surface area contributed by atoms with E-state index >= 15 is 0 Å². The first-order valence-electron chi connectivity index (χ1n) is 9.65. The number of nitriles is 1. The molecule has 4 heteroatoms. The van der Waals surface area contributed by atoms with Gasteiger partial charge in [0, 0.05) is 18.7 Å². The molecule has 1 heterocycles. The van der Waals surface area contributed by atoms with Crippen LogP contribution < -0.4 is 5.32 Å². The monoisotopic (exact) mass is 361 g/mol. The van der Waals surface area contributed by atoms with Crippen molar-refractivity contribution in [3.8, 4) is 6.07 Å². The number of hydrogen-bond donors (Lipinski definition) is 1. The zero-order valence-electron chi connectivity index (χ0n) is 16.2. The van der Waals surface area contributed by atoms with Gasteiger partial charge in [-0.1, -0.05) is 31.2 Å². The van der Waals surface area contributed by atoms with E-state index in [-0.39, 0.29) is 5.78 Å². The second-order valence-electron chi connectivity index (χ2n) is 7.51. The number of rotatable bonds is 6. The number of likely N-dealkylation sites (tertiary alicyclic amines) is 1. The molecular formula is C23H27N3O. The van der Waals surface area contributed by atoms with Crippen LogP contribution in [0, 0.1) is 17.2 Å². The topological polar surface area (TPSA) is 56.1 Å². The Hall–Kier alpha value is -2.64. The molecule has 1 aliphatic rings. The van der Waals surface area contributed by atoms with Crippen LogP contribution in [0.25, 0.3) is 0 Å². The Morgan fingerprint density at radius 2 is 1.89 bits per heavy atom. The Labute approximate surface area is 161 Å². The number of ketones is 1. The molecular weight excluding hydrogens is 334 g/mol. The lowest BCUT2D eigenvalue weighted by Crippen LogP contribution is -2.32. The van der Waals surface area contributed by atoms with Gasteiger partial charge in [0.15, 0.2) is 5.78 Å². The maximum absolute atomic E-state index is 11.7. The smallest absolute Gasteiger partial charge is 0.159 e. The molecule has 3 rings (SSSR count). The van der Waals surface area contributed by atoms with Gasteiger partial charge < -0.3 is 5.32 Å². The third-order valence-corrected chi connectivity index (χ3v) is 5.40. The summed E-state index contributed by atoms with van der Waals surface area (Å²) in [7, 11) is 0. The fourth-order valence-electron chi connectivity index (χ4n) is 3.54. The van der Waals surface area contributed by atoms with Crippen LogP contribution in [-0.4, -0.2) is 23.8 Å². The first-order valence-corrected chi connectivity index (χ1v) is 9.65. The van der Waals surface area contributed by atoms with E-state index in [0.717, 1.165) is 25.6 Å². The second-order valence-corrected chi connectivity index (χ2v) is 7.51. The lowest BCUT2D eigenvalue weighted by Gasteiger charge is -2.30. The molecule has 2 aromatic rings. The number of Topliss-reactive ketones (excluding diaryl/α,β-unsaturated/α-hetero) is 1. The minimum Gasteiger partial charge on any atom is -0.380 e. The highest BCUT2D eigenvalue weighted by atomic mass is 16.1. The molecule has 1 N–H and O–H groups in total.